The molecule has 0 radical (unpaired) electrons. The van der Waals surface area contributed by atoms with Crippen LogP contribution in [-0.4, -0.2) is 61.7 Å². The van der Waals surface area contributed by atoms with Gasteiger partial charge in [0.1, 0.15) is 0 Å². The molecule has 1 saturated carbocycles. The van der Waals surface area contributed by atoms with Crippen LogP contribution in [0.25, 0.3) is 0 Å². The van der Waals surface area contributed by atoms with Crippen LogP contribution in [0, 0.1) is 0 Å². The van der Waals surface area contributed by atoms with Crippen molar-refractivity contribution in [3.05, 3.63) is 24.3 Å². The average Bonchev–Trinajstić information content (AvgIpc) is 3.35. The summed E-state index contributed by atoms with van der Waals surface area (Å²) in [4.78, 5) is 27.6. The van der Waals surface area contributed by atoms with Gasteiger partial charge in [-0.25, -0.2) is 8.42 Å². The first-order valence-corrected chi connectivity index (χ1v) is 10.1. The van der Waals surface area contributed by atoms with Crippen LogP contribution in [-0.2, 0) is 19.6 Å². The van der Waals surface area contributed by atoms with E-state index in [-0.39, 0.29) is 23.3 Å². The summed E-state index contributed by atoms with van der Waals surface area (Å²) < 4.78 is 26.8. The van der Waals surface area contributed by atoms with Crippen molar-refractivity contribution in [2.24, 2.45) is 0 Å². The number of anilines is 1. The van der Waals surface area contributed by atoms with Gasteiger partial charge in [-0.3, -0.25) is 9.59 Å². The molecule has 7 nitrogen and oxygen atoms in total. The summed E-state index contributed by atoms with van der Waals surface area (Å²) in [5, 5.41) is 0. The van der Waals surface area contributed by atoms with Crippen molar-refractivity contribution in [3.8, 4) is 0 Å². The lowest BCUT2D eigenvalue weighted by molar-refractivity contribution is -0.134. The first-order valence-electron chi connectivity index (χ1n) is 8.67. The summed E-state index contributed by atoms with van der Waals surface area (Å²) in [6.07, 6.45) is 3.41. The molecule has 8 heteroatoms. The normalized spacial score (nSPS) is 22.7. The number of amides is 2. The lowest BCUT2D eigenvalue weighted by Gasteiger charge is -2.33. The van der Waals surface area contributed by atoms with Gasteiger partial charge in [0.05, 0.1) is 11.4 Å². The molecule has 0 unspecified atom stereocenters. The molecule has 1 aromatic rings. The second-order valence-corrected chi connectivity index (χ2v) is 8.74. The third kappa shape index (κ3) is 3.04. The summed E-state index contributed by atoms with van der Waals surface area (Å²) in [6.45, 7) is 1.37. The van der Waals surface area contributed by atoms with Gasteiger partial charge in [0.25, 0.3) is 0 Å². The standard InChI is InChI=1S/C17H21N3O4S/c21-16-2-1-9-19(16)14-5-7-15(8-6-14)25(23,24)18-10-11-20(13-3-4-13)17(22)12-18/h5-8,13H,1-4,9-12H2. The molecular weight excluding hydrogens is 342 g/mol. The summed E-state index contributed by atoms with van der Waals surface area (Å²) in [5.41, 5.74) is 0.719. The highest BCUT2D eigenvalue weighted by molar-refractivity contribution is 7.89. The van der Waals surface area contributed by atoms with E-state index in [2.05, 4.69) is 0 Å². The maximum Gasteiger partial charge on any atom is 0.243 e. The number of rotatable bonds is 4. The maximum absolute atomic E-state index is 12.8. The van der Waals surface area contributed by atoms with Crippen LogP contribution >= 0.6 is 0 Å². The quantitative estimate of drug-likeness (QED) is 0.793. The van der Waals surface area contributed by atoms with Gasteiger partial charge < -0.3 is 9.80 Å². The first-order chi connectivity index (χ1) is 12.0. The van der Waals surface area contributed by atoms with Crippen molar-refractivity contribution in [1.29, 1.82) is 0 Å². The van der Waals surface area contributed by atoms with Crippen LogP contribution in [0.5, 0.6) is 0 Å². The van der Waals surface area contributed by atoms with E-state index in [0.29, 0.717) is 32.1 Å². The summed E-state index contributed by atoms with van der Waals surface area (Å²) in [7, 11) is -3.70. The van der Waals surface area contributed by atoms with E-state index < -0.39 is 10.0 Å². The highest BCUT2D eigenvalue weighted by Crippen LogP contribution is 2.30. The van der Waals surface area contributed by atoms with Gasteiger partial charge in [0, 0.05) is 37.8 Å². The van der Waals surface area contributed by atoms with Crippen molar-refractivity contribution < 1.29 is 18.0 Å². The highest BCUT2D eigenvalue weighted by Gasteiger charge is 2.39. The zero-order chi connectivity index (χ0) is 17.6. The fraction of sp³-hybridized carbons (Fsp3) is 0.529. The van der Waals surface area contributed by atoms with Crippen molar-refractivity contribution in [3.63, 3.8) is 0 Å². The second kappa shape index (κ2) is 6.10. The smallest absolute Gasteiger partial charge is 0.243 e. The SMILES string of the molecule is O=C1CCCN1c1ccc(S(=O)(=O)N2CCN(C3CC3)C(=O)C2)cc1. The predicted molar refractivity (Wildman–Crippen MR) is 91.5 cm³/mol. The van der Waals surface area contributed by atoms with Gasteiger partial charge in [-0.15, -0.1) is 0 Å². The first kappa shape index (κ1) is 16.5. The second-order valence-electron chi connectivity index (χ2n) is 6.80. The molecule has 1 aromatic carbocycles. The molecule has 3 fully saturated rings. The number of benzene rings is 1. The van der Waals surface area contributed by atoms with E-state index in [1.807, 2.05) is 0 Å². The molecule has 2 heterocycles. The van der Waals surface area contributed by atoms with Crippen LogP contribution in [0.3, 0.4) is 0 Å². The van der Waals surface area contributed by atoms with Gasteiger partial charge in [0.2, 0.25) is 21.8 Å². The van der Waals surface area contributed by atoms with Crippen LogP contribution in [0.15, 0.2) is 29.2 Å². The largest absolute Gasteiger partial charge is 0.337 e. The molecule has 134 valence electrons. The van der Waals surface area contributed by atoms with E-state index >= 15 is 0 Å². The molecule has 4 rings (SSSR count). The molecule has 0 aromatic heterocycles. The lowest BCUT2D eigenvalue weighted by atomic mass is 10.3. The van der Waals surface area contributed by atoms with Gasteiger partial charge in [-0.05, 0) is 43.5 Å². The number of hydrogen-bond acceptors (Lipinski definition) is 4. The van der Waals surface area contributed by atoms with E-state index in [0.717, 1.165) is 24.9 Å². The monoisotopic (exact) mass is 363 g/mol. The van der Waals surface area contributed by atoms with Gasteiger partial charge in [-0.2, -0.15) is 4.31 Å². The van der Waals surface area contributed by atoms with Crippen LogP contribution in [0.4, 0.5) is 5.69 Å². The van der Waals surface area contributed by atoms with Crippen LogP contribution in [0.1, 0.15) is 25.7 Å². The van der Waals surface area contributed by atoms with E-state index in [1.165, 1.54) is 16.4 Å². The Labute approximate surface area is 147 Å². The predicted octanol–water partition coefficient (Wildman–Crippen LogP) is 0.809. The minimum Gasteiger partial charge on any atom is -0.337 e. The Balaban J connectivity index is 1.50. The van der Waals surface area contributed by atoms with Crippen molar-refractivity contribution in [2.45, 2.75) is 36.6 Å². The number of hydrogen-bond donors (Lipinski definition) is 0. The Bertz CT molecular complexity index is 802. The van der Waals surface area contributed by atoms with Gasteiger partial charge in [0.15, 0.2) is 0 Å². The Morgan fingerprint density at radius 1 is 0.920 bits per heavy atom. The molecule has 0 atom stereocenters. The van der Waals surface area contributed by atoms with E-state index in [9.17, 15) is 18.0 Å². The molecule has 0 N–H and O–H groups in total. The number of nitrogens with zero attached hydrogens (tertiary/aromatic N) is 3. The third-order valence-electron chi connectivity index (χ3n) is 5.07. The van der Waals surface area contributed by atoms with Crippen molar-refractivity contribution >= 4 is 27.5 Å². The molecule has 2 aliphatic heterocycles. The Morgan fingerprint density at radius 3 is 2.20 bits per heavy atom. The third-order valence-corrected chi connectivity index (χ3v) is 6.93. The molecule has 0 bridgehead atoms. The zero-order valence-corrected chi connectivity index (χ0v) is 14.7. The highest BCUT2D eigenvalue weighted by atomic mass is 32.2. The van der Waals surface area contributed by atoms with E-state index in [4.69, 9.17) is 0 Å². The van der Waals surface area contributed by atoms with E-state index in [1.54, 1.807) is 21.9 Å². The topological polar surface area (TPSA) is 78.0 Å². The fourth-order valence-electron chi connectivity index (χ4n) is 3.51. The Morgan fingerprint density at radius 2 is 1.64 bits per heavy atom. The number of piperazine rings is 1. The Kier molecular flexibility index (Phi) is 4.04. The maximum atomic E-state index is 12.8. The summed E-state index contributed by atoms with van der Waals surface area (Å²) in [5.74, 6) is -0.0472. The fourth-order valence-corrected chi connectivity index (χ4v) is 4.89. The van der Waals surface area contributed by atoms with Crippen molar-refractivity contribution in [2.75, 3.05) is 31.1 Å². The lowest BCUT2D eigenvalue weighted by Crippen LogP contribution is -2.52. The summed E-state index contributed by atoms with van der Waals surface area (Å²) in [6, 6.07) is 6.69. The molecule has 0 spiro atoms. The number of sulfonamides is 1. The van der Waals surface area contributed by atoms with Gasteiger partial charge in [-0.1, -0.05) is 0 Å². The van der Waals surface area contributed by atoms with Crippen molar-refractivity contribution in [1.82, 2.24) is 9.21 Å². The average molecular weight is 363 g/mol. The molecule has 2 amide bonds. The molecular formula is C17H21N3O4S. The molecule has 25 heavy (non-hydrogen) atoms. The Hall–Kier alpha value is -1.93. The zero-order valence-electron chi connectivity index (χ0n) is 13.9. The molecule has 1 aliphatic carbocycles. The van der Waals surface area contributed by atoms with Gasteiger partial charge >= 0.3 is 0 Å². The van der Waals surface area contributed by atoms with Crippen LogP contribution < -0.4 is 4.90 Å². The van der Waals surface area contributed by atoms with Crippen LogP contribution in [0.2, 0.25) is 0 Å². The molecule has 3 aliphatic rings. The molecule has 2 saturated heterocycles. The minimum atomic E-state index is -3.70. The number of carbonyl (C=O) groups excluding carboxylic acids is 2. The number of carbonyl (C=O) groups is 2. The summed E-state index contributed by atoms with van der Waals surface area (Å²) >= 11 is 0. The minimum absolute atomic E-state index is 0.0670.